The molecule has 0 saturated carbocycles. The van der Waals surface area contributed by atoms with E-state index in [2.05, 4.69) is 5.32 Å². The summed E-state index contributed by atoms with van der Waals surface area (Å²) < 4.78 is 11.3. The number of amides is 1. The summed E-state index contributed by atoms with van der Waals surface area (Å²) in [7, 11) is 0. The molecule has 1 amide bonds. The molecule has 0 aliphatic rings. The fourth-order valence-corrected chi connectivity index (χ4v) is 2.08. The van der Waals surface area contributed by atoms with Gasteiger partial charge >= 0.3 is 0 Å². The van der Waals surface area contributed by atoms with Crippen molar-refractivity contribution in [2.75, 3.05) is 13.2 Å². The number of para-hydroxylation sites is 1. The lowest BCUT2D eigenvalue weighted by atomic mass is 10.1. The van der Waals surface area contributed by atoms with Crippen LogP contribution in [0.3, 0.4) is 0 Å². The molecule has 4 heteroatoms. The highest BCUT2D eigenvalue weighted by Gasteiger charge is 2.15. The molecule has 1 N–H and O–H groups in total. The predicted octanol–water partition coefficient (Wildman–Crippen LogP) is 3.27. The number of nitrogens with one attached hydrogen (secondary N) is 1. The summed E-state index contributed by atoms with van der Waals surface area (Å²) in [5, 5.41) is 2.82. The summed E-state index contributed by atoms with van der Waals surface area (Å²) in [6.07, 6.45) is -0.549. The van der Waals surface area contributed by atoms with Crippen molar-refractivity contribution in [2.45, 2.75) is 26.9 Å². The lowest BCUT2D eigenvalue weighted by Crippen LogP contribution is -2.38. The van der Waals surface area contributed by atoms with Crippen LogP contribution in [-0.4, -0.2) is 25.2 Å². The summed E-state index contributed by atoms with van der Waals surface area (Å²) in [5.74, 6) is 1.39. The molecule has 122 valence electrons. The Morgan fingerprint density at radius 1 is 1.13 bits per heavy atom. The van der Waals surface area contributed by atoms with E-state index in [-0.39, 0.29) is 5.91 Å². The molecule has 4 nitrogen and oxygen atoms in total. The molecule has 0 bridgehead atoms. The molecule has 2 aromatic rings. The standard InChI is InChI=1S/C19H23NO3/c1-14-9-10-15(2)18(13-14)23-16(3)19(21)20-11-12-22-17-7-5-4-6-8-17/h4-10,13,16H,11-12H2,1-3H3,(H,20,21)/t16-/m1/s1. The van der Waals surface area contributed by atoms with Crippen LogP contribution in [0.25, 0.3) is 0 Å². The molecule has 0 radical (unpaired) electrons. The van der Waals surface area contributed by atoms with Crippen LogP contribution in [0.2, 0.25) is 0 Å². The average Bonchev–Trinajstić information content (AvgIpc) is 2.55. The van der Waals surface area contributed by atoms with Crippen molar-refractivity contribution in [2.24, 2.45) is 0 Å². The minimum absolute atomic E-state index is 0.150. The van der Waals surface area contributed by atoms with E-state index in [9.17, 15) is 4.79 Å². The summed E-state index contributed by atoms with van der Waals surface area (Å²) >= 11 is 0. The van der Waals surface area contributed by atoms with Gasteiger partial charge in [0.25, 0.3) is 5.91 Å². The van der Waals surface area contributed by atoms with E-state index < -0.39 is 6.10 Å². The Hall–Kier alpha value is -2.49. The molecule has 1 atom stereocenters. The van der Waals surface area contributed by atoms with Gasteiger partial charge in [0.2, 0.25) is 0 Å². The Balaban J connectivity index is 1.75. The van der Waals surface area contributed by atoms with Crippen molar-refractivity contribution in [1.29, 1.82) is 0 Å². The quantitative estimate of drug-likeness (QED) is 0.798. The van der Waals surface area contributed by atoms with Crippen molar-refractivity contribution >= 4 is 5.91 Å². The molecule has 0 aliphatic carbocycles. The van der Waals surface area contributed by atoms with E-state index >= 15 is 0 Å². The molecule has 0 heterocycles. The molecule has 2 aromatic carbocycles. The molecule has 0 aliphatic heterocycles. The third-order valence-corrected chi connectivity index (χ3v) is 3.43. The van der Waals surface area contributed by atoms with Crippen molar-refractivity contribution in [1.82, 2.24) is 5.32 Å². The van der Waals surface area contributed by atoms with Crippen LogP contribution in [0.4, 0.5) is 0 Å². The minimum atomic E-state index is -0.549. The fourth-order valence-electron chi connectivity index (χ4n) is 2.08. The van der Waals surface area contributed by atoms with E-state index in [1.165, 1.54) is 0 Å². The van der Waals surface area contributed by atoms with Gasteiger partial charge in [-0.25, -0.2) is 0 Å². The second kappa shape index (κ2) is 8.22. The average molecular weight is 313 g/mol. The molecule has 2 rings (SSSR count). The first-order valence-corrected chi connectivity index (χ1v) is 7.76. The van der Waals surface area contributed by atoms with E-state index in [4.69, 9.17) is 9.47 Å². The number of carbonyl (C=O) groups is 1. The number of ether oxygens (including phenoxy) is 2. The molecule has 0 fully saturated rings. The first-order valence-electron chi connectivity index (χ1n) is 7.76. The number of carbonyl (C=O) groups excluding carboxylic acids is 1. The monoisotopic (exact) mass is 313 g/mol. The number of hydrogen-bond donors (Lipinski definition) is 1. The lowest BCUT2D eigenvalue weighted by molar-refractivity contribution is -0.127. The van der Waals surface area contributed by atoms with Crippen LogP contribution < -0.4 is 14.8 Å². The third kappa shape index (κ3) is 5.33. The topological polar surface area (TPSA) is 47.6 Å². The number of rotatable bonds is 7. The maximum absolute atomic E-state index is 12.1. The molecule has 0 unspecified atom stereocenters. The van der Waals surface area contributed by atoms with E-state index in [0.717, 1.165) is 22.6 Å². The zero-order chi connectivity index (χ0) is 16.7. The SMILES string of the molecule is Cc1ccc(C)c(O[C@H](C)C(=O)NCCOc2ccccc2)c1. The van der Waals surface area contributed by atoms with Crippen molar-refractivity contribution in [3.8, 4) is 11.5 Å². The summed E-state index contributed by atoms with van der Waals surface area (Å²) in [6.45, 7) is 6.57. The van der Waals surface area contributed by atoms with Gasteiger partial charge in [-0.05, 0) is 50.1 Å². The minimum Gasteiger partial charge on any atom is -0.492 e. The second-order valence-corrected chi connectivity index (χ2v) is 5.48. The highest BCUT2D eigenvalue weighted by molar-refractivity contribution is 5.80. The maximum atomic E-state index is 12.1. The second-order valence-electron chi connectivity index (χ2n) is 5.48. The molecule has 0 saturated heterocycles. The highest BCUT2D eigenvalue weighted by Crippen LogP contribution is 2.20. The Morgan fingerprint density at radius 2 is 1.87 bits per heavy atom. The molecule has 23 heavy (non-hydrogen) atoms. The predicted molar refractivity (Wildman–Crippen MR) is 91.0 cm³/mol. The number of benzene rings is 2. The van der Waals surface area contributed by atoms with E-state index in [1.807, 2.05) is 62.4 Å². The van der Waals surface area contributed by atoms with Crippen LogP contribution in [-0.2, 0) is 4.79 Å². The normalized spacial score (nSPS) is 11.6. The Kier molecular flexibility index (Phi) is 6.03. The van der Waals surface area contributed by atoms with Gasteiger partial charge in [0.05, 0.1) is 6.54 Å². The van der Waals surface area contributed by atoms with Crippen LogP contribution >= 0.6 is 0 Å². The van der Waals surface area contributed by atoms with E-state index in [1.54, 1.807) is 6.92 Å². The van der Waals surface area contributed by atoms with Crippen LogP contribution in [0.5, 0.6) is 11.5 Å². The number of hydrogen-bond acceptors (Lipinski definition) is 3. The highest BCUT2D eigenvalue weighted by atomic mass is 16.5. The van der Waals surface area contributed by atoms with Gasteiger partial charge in [-0.3, -0.25) is 4.79 Å². The zero-order valence-electron chi connectivity index (χ0n) is 13.8. The van der Waals surface area contributed by atoms with Crippen LogP contribution in [0.1, 0.15) is 18.1 Å². The Morgan fingerprint density at radius 3 is 2.61 bits per heavy atom. The van der Waals surface area contributed by atoms with Gasteiger partial charge in [-0.1, -0.05) is 30.3 Å². The van der Waals surface area contributed by atoms with E-state index in [0.29, 0.717) is 13.2 Å². The van der Waals surface area contributed by atoms with Gasteiger partial charge in [0.15, 0.2) is 6.10 Å². The molecular weight excluding hydrogens is 290 g/mol. The van der Waals surface area contributed by atoms with Crippen LogP contribution in [0, 0.1) is 13.8 Å². The summed E-state index contributed by atoms with van der Waals surface area (Å²) in [4.78, 5) is 12.1. The van der Waals surface area contributed by atoms with Gasteiger partial charge in [-0.2, -0.15) is 0 Å². The van der Waals surface area contributed by atoms with Gasteiger partial charge < -0.3 is 14.8 Å². The van der Waals surface area contributed by atoms with Gasteiger partial charge in [0, 0.05) is 0 Å². The summed E-state index contributed by atoms with van der Waals surface area (Å²) in [6, 6.07) is 15.5. The zero-order valence-corrected chi connectivity index (χ0v) is 13.8. The van der Waals surface area contributed by atoms with Crippen LogP contribution in [0.15, 0.2) is 48.5 Å². The Bertz CT molecular complexity index is 640. The smallest absolute Gasteiger partial charge is 0.260 e. The Labute approximate surface area is 137 Å². The number of aryl methyl sites for hydroxylation is 2. The molecule has 0 spiro atoms. The largest absolute Gasteiger partial charge is 0.492 e. The first kappa shape index (κ1) is 16.9. The van der Waals surface area contributed by atoms with Gasteiger partial charge in [-0.15, -0.1) is 0 Å². The van der Waals surface area contributed by atoms with Crippen molar-refractivity contribution in [3.05, 3.63) is 59.7 Å². The first-order chi connectivity index (χ1) is 11.1. The third-order valence-electron chi connectivity index (χ3n) is 3.43. The molecular formula is C19H23NO3. The maximum Gasteiger partial charge on any atom is 0.260 e. The lowest BCUT2D eigenvalue weighted by Gasteiger charge is -2.17. The fraction of sp³-hybridized carbons (Fsp3) is 0.316. The van der Waals surface area contributed by atoms with Crippen molar-refractivity contribution < 1.29 is 14.3 Å². The summed E-state index contributed by atoms with van der Waals surface area (Å²) in [5.41, 5.74) is 2.12. The van der Waals surface area contributed by atoms with Gasteiger partial charge in [0.1, 0.15) is 18.1 Å². The van der Waals surface area contributed by atoms with Crippen molar-refractivity contribution in [3.63, 3.8) is 0 Å². The molecule has 0 aromatic heterocycles.